The molecule has 43 heavy (non-hydrogen) atoms. The molecule has 1 unspecified atom stereocenters. The van der Waals surface area contributed by atoms with E-state index in [0.717, 1.165) is 11.3 Å². The second kappa shape index (κ2) is 12.4. The number of piperazine rings is 1. The molecule has 2 aromatic heterocycles. The number of nitrogens with one attached hydrogen (secondary N) is 2. The van der Waals surface area contributed by atoms with E-state index >= 15 is 0 Å². The highest BCUT2D eigenvalue weighted by Gasteiger charge is 2.32. The molecule has 14 heteroatoms. The minimum Gasteiger partial charge on any atom is -0.454 e. The second-order valence-corrected chi connectivity index (χ2v) is 11.0. The Balaban J connectivity index is 1.20. The van der Waals surface area contributed by atoms with Crippen LogP contribution in [0.5, 0.6) is 11.5 Å². The Labute approximate surface area is 257 Å². The average molecular weight is 624 g/mol. The predicted molar refractivity (Wildman–Crippen MR) is 161 cm³/mol. The van der Waals surface area contributed by atoms with Gasteiger partial charge in [0.15, 0.2) is 11.5 Å². The van der Waals surface area contributed by atoms with Crippen LogP contribution in [0.15, 0.2) is 61.2 Å². The number of rotatable bonds is 7. The van der Waals surface area contributed by atoms with Gasteiger partial charge in [0.05, 0.1) is 16.1 Å². The van der Waals surface area contributed by atoms with Crippen LogP contribution in [0.2, 0.25) is 10.0 Å². The zero-order valence-corrected chi connectivity index (χ0v) is 24.7. The van der Waals surface area contributed by atoms with Gasteiger partial charge in [-0.25, -0.2) is 14.8 Å². The van der Waals surface area contributed by atoms with Gasteiger partial charge in [-0.05, 0) is 42.8 Å². The molecule has 4 aromatic rings. The summed E-state index contributed by atoms with van der Waals surface area (Å²) in [6, 6.07) is 11.7. The maximum absolute atomic E-state index is 13.3. The molecule has 2 N–H and O–H groups in total. The van der Waals surface area contributed by atoms with Crippen LogP contribution in [0.3, 0.4) is 0 Å². The minimum atomic E-state index is -0.366. The summed E-state index contributed by atoms with van der Waals surface area (Å²) >= 11 is 12.2. The molecular weight excluding hydrogens is 595 g/mol. The number of amides is 3. The quantitative estimate of drug-likeness (QED) is 0.310. The molecule has 1 atom stereocenters. The van der Waals surface area contributed by atoms with Crippen molar-refractivity contribution >= 4 is 46.6 Å². The van der Waals surface area contributed by atoms with E-state index in [0.29, 0.717) is 58.6 Å². The fraction of sp³-hybridized carbons (Fsp3) is 0.276. The number of anilines is 2. The van der Waals surface area contributed by atoms with Crippen molar-refractivity contribution in [2.75, 3.05) is 36.6 Å². The van der Waals surface area contributed by atoms with Crippen molar-refractivity contribution in [3.63, 3.8) is 0 Å². The zero-order chi connectivity index (χ0) is 29.9. The van der Waals surface area contributed by atoms with Gasteiger partial charge in [-0.15, -0.1) is 0 Å². The maximum atomic E-state index is 13.3. The number of carbonyl (C=O) groups is 2. The van der Waals surface area contributed by atoms with Gasteiger partial charge in [0.1, 0.15) is 12.1 Å². The topological polar surface area (TPSA) is 127 Å². The Morgan fingerprint density at radius 2 is 1.88 bits per heavy atom. The number of carbonyl (C=O) groups excluding carboxylic acids is 2. The predicted octanol–water partition coefficient (Wildman–Crippen LogP) is 4.44. The van der Waals surface area contributed by atoms with Crippen molar-refractivity contribution in [3.8, 4) is 17.4 Å². The average Bonchev–Trinajstić information content (AvgIpc) is 3.70. The summed E-state index contributed by atoms with van der Waals surface area (Å²) in [5.41, 5.74) is 2.17. The zero-order valence-electron chi connectivity index (χ0n) is 23.2. The van der Waals surface area contributed by atoms with Crippen LogP contribution in [0.25, 0.3) is 5.95 Å². The standard InChI is InChI=1S/C29H28Cl2N8O4/c1-18-10-26(36-28(34-18)38-7-6-32-16-38)39-9-8-37(29(41)35-20-3-4-22(30)23(31)12-20)15-21(39)13-27(40)33-14-19-2-5-24-25(11-19)43-17-42-24/h2-7,10-12,16,21H,8-9,13-15,17H2,1H3,(H,33,40)(H,35,41). The number of aryl methyl sites for hydroxylation is 1. The van der Waals surface area contributed by atoms with Gasteiger partial charge in [-0.1, -0.05) is 29.3 Å². The summed E-state index contributed by atoms with van der Waals surface area (Å²) in [4.78, 5) is 43.7. The first-order valence-corrected chi connectivity index (χ1v) is 14.3. The lowest BCUT2D eigenvalue weighted by molar-refractivity contribution is -0.121. The molecule has 0 aliphatic carbocycles. The van der Waals surface area contributed by atoms with Gasteiger partial charge in [0, 0.05) is 62.4 Å². The van der Waals surface area contributed by atoms with Gasteiger partial charge in [0.2, 0.25) is 18.6 Å². The van der Waals surface area contributed by atoms with Crippen LogP contribution in [-0.2, 0) is 11.3 Å². The molecule has 0 bridgehead atoms. The molecule has 1 saturated heterocycles. The molecule has 4 heterocycles. The lowest BCUT2D eigenvalue weighted by Gasteiger charge is -2.42. The molecule has 6 rings (SSSR count). The van der Waals surface area contributed by atoms with Crippen LogP contribution < -0.4 is 25.0 Å². The van der Waals surface area contributed by atoms with Crippen molar-refractivity contribution in [2.24, 2.45) is 0 Å². The summed E-state index contributed by atoms with van der Waals surface area (Å²) in [5.74, 6) is 2.30. The Kier molecular flexibility index (Phi) is 8.21. The third-order valence-electron chi connectivity index (χ3n) is 7.15. The van der Waals surface area contributed by atoms with Crippen molar-refractivity contribution < 1.29 is 19.1 Å². The van der Waals surface area contributed by atoms with E-state index in [9.17, 15) is 9.59 Å². The molecule has 0 radical (unpaired) electrons. The number of hydrogen-bond donors (Lipinski definition) is 2. The summed E-state index contributed by atoms with van der Waals surface area (Å²) in [7, 11) is 0. The number of halogens is 2. The maximum Gasteiger partial charge on any atom is 0.321 e. The molecule has 222 valence electrons. The van der Waals surface area contributed by atoms with E-state index in [1.165, 1.54) is 0 Å². The van der Waals surface area contributed by atoms with E-state index in [1.807, 2.05) is 31.2 Å². The molecule has 12 nitrogen and oxygen atoms in total. The second-order valence-electron chi connectivity index (χ2n) is 10.2. The fourth-order valence-electron chi connectivity index (χ4n) is 5.01. The number of hydrogen-bond acceptors (Lipinski definition) is 8. The highest BCUT2D eigenvalue weighted by molar-refractivity contribution is 6.42. The first kappa shape index (κ1) is 28.6. The summed E-state index contributed by atoms with van der Waals surface area (Å²) < 4.78 is 12.5. The van der Waals surface area contributed by atoms with Crippen molar-refractivity contribution in [1.82, 2.24) is 29.7 Å². The third kappa shape index (κ3) is 6.60. The van der Waals surface area contributed by atoms with Crippen molar-refractivity contribution in [3.05, 3.63) is 82.5 Å². The van der Waals surface area contributed by atoms with Crippen LogP contribution in [0.1, 0.15) is 17.7 Å². The number of aromatic nitrogens is 4. The van der Waals surface area contributed by atoms with Gasteiger partial charge in [-0.2, -0.15) is 4.98 Å². The Morgan fingerprint density at radius 1 is 1.02 bits per heavy atom. The molecule has 0 spiro atoms. The largest absolute Gasteiger partial charge is 0.454 e. The van der Waals surface area contributed by atoms with Gasteiger partial charge < -0.3 is 29.9 Å². The first-order chi connectivity index (χ1) is 20.8. The van der Waals surface area contributed by atoms with Gasteiger partial charge in [0.25, 0.3) is 0 Å². The van der Waals surface area contributed by atoms with Crippen LogP contribution in [0, 0.1) is 6.92 Å². The van der Waals surface area contributed by atoms with Crippen LogP contribution in [0.4, 0.5) is 16.3 Å². The van der Waals surface area contributed by atoms with E-state index < -0.39 is 0 Å². The van der Waals surface area contributed by atoms with Crippen molar-refractivity contribution in [2.45, 2.75) is 25.9 Å². The highest BCUT2D eigenvalue weighted by Crippen LogP contribution is 2.32. The summed E-state index contributed by atoms with van der Waals surface area (Å²) in [6.45, 7) is 3.54. The summed E-state index contributed by atoms with van der Waals surface area (Å²) in [6.07, 6.45) is 5.18. The molecule has 3 amide bonds. The Morgan fingerprint density at radius 3 is 2.70 bits per heavy atom. The number of urea groups is 1. The van der Waals surface area contributed by atoms with E-state index in [1.54, 1.807) is 46.4 Å². The normalized spacial score (nSPS) is 15.8. The molecule has 0 saturated carbocycles. The monoisotopic (exact) mass is 622 g/mol. The fourth-order valence-corrected chi connectivity index (χ4v) is 5.30. The van der Waals surface area contributed by atoms with E-state index in [2.05, 4.69) is 25.5 Å². The highest BCUT2D eigenvalue weighted by atomic mass is 35.5. The number of benzene rings is 2. The Bertz CT molecular complexity index is 1650. The van der Waals surface area contributed by atoms with Crippen LogP contribution >= 0.6 is 23.2 Å². The SMILES string of the molecule is Cc1cc(N2CCN(C(=O)Nc3ccc(Cl)c(Cl)c3)CC2CC(=O)NCc2ccc3c(c2)OCO3)nc(-n2ccnc2)n1. The number of fused-ring (bicyclic) bond motifs is 1. The molecular formula is C29H28Cl2N8O4. The third-order valence-corrected chi connectivity index (χ3v) is 7.89. The molecule has 2 aliphatic heterocycles. The minimum absolute atomic E-state index is 0.130. The lowest BCUT2D eigenvalue weighted by atomic mass is 10.1. The van der Waals surface area contributed by atoms with Crippen LogP contribution in [-0.4, -0.2) is 68.8 Å². The molecule has 1 fully saturated rings. The first-order valence-electron chi connectivity index (χ1n) is 13.6. The smallest absolute Gasteiger partial charge is 0.321 e. The molecule has 2 aliphatic rings. The number of ether oxygens (including phenoxy) is 2. The van der Waals surface area contributed by atoms with E-state index in [4.69, 9.17) is 37.7 Å². The number of imidazole rings is 1. The number of nitrogens with zero attached hydrogens (tertiary/aromatic N) is 6. The van der Waals surface area contributed by atoms with Gasteiger partial charge >= 0.3 is 6.03 Å². The Hall–Kier alpha value is -4.55. The molecule has 2 aromatic carbocycles. The lowest BCUT2D eigenvalue weighted by Crippen LogP contribution is -2.57. The van der Waals surface area contributed by atoms with Crippen molar-refractivity contribution in [1.29, 1.82) is 0 Å². The summed E-state index contributed by atoms with van der Waals surface area (Å²) in [5, 5.41) is 6.62. The van der Waals surface area contributed by atoms with E-state index in [-0.39, 0.29) is 37.7 Å². The van der Waals surface area contributed by atoms with Gasteiger partial charge in [-0.3, -0.25) is 9.36 Å².